The largest absolute Gasteiger partial charge is 0.497 e. The van der Waals surface area contributed by atoms with Crippen molar-refractivity contribution in [2.45, 2.75) is 13.0 Å². The van der Waals surface area contributed by atoms with Crippen LogP contribution in [0.5, 0.6) is 11.5 Å². The third-order valence-electron chi connectivity index (χ3n) is 3.28. The van der Waals surface area contributed by atoms with Crippen LogP contribution in [0, 0.1) is 0 Å². The average molecular weight is 307 g/mol. The standard InChI is InChI=1S/C14H17N3O3S/c1-7-11(13(15)18)12(17-14(21)16-7)9-6-8(19-2)4-5-10(9)20-3/h4-6,12H,1-3H3,(H2,15,18)(H2,16,17,21)/t12-/m0/s1. The fourth-order valence-electron chi connectivity index (χ4n) is 2.32. The highest BCUT2D eigenvalue weighted by Gasteiger charge is 2.30. The summed E-state index contributed by atoms with van der Waals surface area (Å²) in [6.07, 6.45) is 0. The van der Waals surface area contributed by atoms with E-state index >= 15 is 0 Å². The lowest BCUT2D eigenvalue weighted by atomic mass is 9.94. The Bertz CT molecular complexity index is 628. The lowest BCUT2D eigenvalue weighted by molar-refractivity contribution is -0.115. The summed E-state index contributed by atoms with van der Waals surface area (Å²) < 4.78 is 10.6. The SMILES string of the molecule is COc1ccc(OC)c([C@@H]2NC(=S)NC(C)=C2C(N)=O)c1. The normalized spacial score (nSPS) is 17.9. The van der Waals surface area contributed by atoms with Crippen molar-refractivity contribution in [2.24, 2.45) is 5.73 Å². The van der Waals surface area contributed by atoms with Crippen LogP contribution in [0.15, 0.2) is 29.5 Å². The number of allylic oxidation sites excluding steroid dienone is 1. The molecule has 0 saturated heterocycles. The molecule has 0 aliphatic carbocycles. The van der Waals surface area contributed by atoms with Crippen molar-refractivity contribution in [3.05, 3.63) is 35.0 Å². The number of hydrogen-bond donors (Lipinski definition) is 3. The maximum atomic E-state index is 11.8. The molecule has 1 aliphatic rings. The van der Waals surface area contributed by atoms with Gasteiger partial charge in [-0.05, 0) is 37.3 Å². The van der Waals surface area contributed by atoms with Gasteiger partial charge in [-0.25, -0.2) is 0 Å². The van der Waals surface area contributed by atoms with Crippen molar-refractivity contribution in [3.63, 3.8) is 0 Å². The minimum Gasteiger partial charge on any atom is -0.497 e. The Morgan fingerprint density at radius 3 is 2.62 bits per heavy atom. The number of methoxy groups -OCH3 is 2. The first kappa shape index (κ1) is 15.1. The zero-order valence-electron chi connectivity index (χ0n) is 12.0. The summed E-state index contributed by atoms with van der Waals surface area (Å²) in [6.45, 7) is 1.76. The first-order valence-corrected chi connectivity index (χ1v) is 6.68. The summed E-state index contributed by atoms with van der Waals surface area (Å²) in [5, 5.41) is 6.37. The Morgan fingerprint density at radius 2 is 2.05 bits per heavy atom. The molecule has 112 valence electrons. The molecule has 6 nitrogen and oxygen atoms in total. The Kier molecular flexibility index (Phi) is 4.32. The summed E-state index contributed by atoms with van der Waals surface area (Å²) in [7, 11) is 3.13. The third-order valence-corrected chi connectivity index (χ3v) is 3.50. The molecule has 0 unspecified atom stereocenters. The van der Waals surface area contributed by atoms with Gasteiger partial charge in [-0.3, -0.25) is 4.79 Å². The molecule has 1 aromatic carbocycles. The molecule has 0 aromatic heterocycles. The Morgan fingerprint density at radius 1 is 1.33 bits per heavy atom. The molecule has 0 spiro atoms. The predicted octanol–water partition coefficient (Wildman–Crippen LogP) is 0.982. The second-order valence-corrected chi connectivity index (χ2v) is 4.95. The number of thiocarbonyl (C=S) groups is 1. The van der Waals surface area contributed by atoms with Crippen molar-refractivity contribution >= 4 is 23.2 Å². The van der Waals surface area contributed by atoms with Gasteiger partial charge < -0.3 is 25.8 Å². The van der Waals surface area contributed by atoms with Crippen LogP contribution in [-0.2, 0) is 4.79 Å². The topological polar surface area (TPSA) is 85.6 Å². The molecular weight excluding hydrogens is 290 g/mol. The van der Waals surface area contributed by atoms with Crippen molar-refractivity contribution in [1.29, 1.82) is 0 Å². The number of hydrogen-bond acceptors (Lipinski definition) is 4. The molecule has 1 aromatic rings. The summed E-state index contributed by atoms with van der Waals surface area (Å²) in [6, 6.07) is 4.86. The zero-order chi connectivity index (χ0) is 15.6. The van der Waals surface area contributed by atoms with E-state index in [1.807, 2.05) is 0 Å². The van der Waals surface area contributed by atoms with E-state index in [0.717, 1.165) is 5.56 Å². The molecule has 0 bridgehead atoms. The van der Waals surface area contributed by atoms with E-state index < -0.39 is 11.9 Å². The maximum absolute atomic E-state index is 11.8. The average Bonchev–Trinajstić information content (AvgIpc) is 2.45. The van der Waals surface area contributed by atoms with E-state index in [1.54, 1.807) is 39.3 Å². The molecule has 7 heteroatoms. The fourth-order valence-corrected chi connectivity index (χ4v) is 2.59. The van der Waals surface area contributed by atoms with Crippen molar-refractivity contribution in [3.8, 4) is 11.5 Å². The molecular formula is C14H17N3O3S. The van der Waals surface area contributed by atoms with Crippen LogP contribution in [0.4, 0.5) is 0 Å². The Balaban J connectivity index is 2.59. The van der Waals surface area contributed by atoms with E-state index in [0.29, 0.717) is 27.9 Å². The predicted molar refractivity (Wildman–Crippen MR) is 83.1 cm³/mol. The number of nitrogens with one attached hydrogen (secondary N) is 2. The smallest absolute Gasteiger partial charge is 0.248 e. The minimum atomic E-state index is -0.523. The van der Waals surface area contributed by atoms with E-state index in [2.05, 4.69) is 10.6 Å². The number of amides is 1. The van der Waals surface area contributed by atoms with Crippen molar-refractivity contribution in [2.75, 3.05) is 14.2 Å². The van der Waals surface area contributed by atoms with Crippen LogP contribution in [0.3, 0.4) is 0 Å². The molecule has 1 aliphatic heterocycles. The van der Waals surface area contributed by atoms with Gasteiger partial charge in [-0.2, -0.15) is 0 Å². The van der Waals surface area contributed by atoms with Gasteiger partial charge in [-0.15, -0.1) is 0 Å². The number of nitrogens with two attached hydrogens (primary N) is 1. The van der Waals surface area contributed by atoms with Gasteiger partial charge in [0.2, 0.25) is 5.91 Å². The lowest BCUT2D eigenvalue weighted by Crippen LogP contribution is -2.46. The minimum absolute atomic E-state index is 0.412. The van der Waals surface area contributed by atoms with Crippen molar-refractivity contribution < 1.29 is 14.3 Å². The third kappa shape index (κ3) is 2.92. The Labute approximate surface area is 128 Å². The molecule has 1 amide bonds. The van der Waals surface area contributed by atoms with Gasteiger partial charge in [0, 0.05) is 11.3 Å². The molecule has 2 rings (SSSR count). The van der Waals surface area contributed by atoms with Crippen LogP contribution in [0.25, 0.3) is 0 Å². The number of primary amides is 1. The first-order valence-electron chi connectivity index (χ1n) is 6.28. The van der Waals surface area contributed by atoms with E-state index in [4.69, 9.17) is 27.4 Å². The van der Waals surface area contributed by atoms with Gasteiger partial charge >= 0.3 is 0 Å². The second kappa shape index (κ2) is 6.01. The molecule has 0 saturated carbocycles. The van der Waals surface area contributed by atoms with Gasteiger partial charge in [-0.1, -0.05) is 0 Å². The fraction of sp³-hybridized carbons (Fsp3) is 0.286. The van der Waals surface area contributed by atoms with E-state index in [9.17, 15) is 4.79 Å². The molecule has 1 atom stereocenters. The summed E-state index contributed by atoms with van der Waals surface area (Å²) >= 11 is 5.16. The van der Waals surface area contributed by atoms with Crippen LogP contribution in [0.2, 0.25) is 0 Å². The Hall–Kier alpha value is -2.28. The quantitative estimate of drug-likeness (QED) is 0.719. The number of rotatable bonds is 4. The molecule has 21 heavy (non-hydrogen) atoms. The van der Waals surface area contributed by atoms with Gasteiger partial charge in [0.1, 0.15) is 11.5 Å². The molecule has 0 radical (unpaired) electrons. The summed E-state index contributed by atoms with van der Waals surface area (Å²) in [4.78, 5) is 11.8. The molecule has 0 fully saturated rings. The van der Waals surface area contributed by atoms with Crippen molar-refractivity contribution in [1.82, 2.24) is 10.6 Å². The number of carbonyl (C=O) groups excluding carboxylic acids is 1. The second-order valence-electron chi connectivity index (χ2n) is 4.54. The van der Waals surface area contributed by atoms with Gasteiger partial charge in [0.25, 0.3) is 0 Å². The molecule has 4 N–H and O–H groups in total. The van der Waals surface area contributed by atoms with E-state index in [1.165, 1.54) is 0 Å². The highest BCUT2D eigenvalue weighted by molar-refractivity contribution is 7.80. The highest BCUT2D eigenvalue weighted by Crippen LogP contribution is 2.35. The lowest BCUT2D eigenvalue weighted by Gasteiger charge is -2.30. The van der Waals surface area contributed by atoms with Gasteiger partial charge in [0.15, 0.2) is 5.11 Å². The number of benzene rings is 1. The molecule has 1 heterocycles. The zero-order valence-corrected chi connectivity index (χ0v) is 12.8. The number of ether oxygens (including phenoxy) is 2. The first-order chi connectivity index (χ1) is 9.97. The van der Waals surface area contributed by atoms with Crippen LogP contribution in [-0.4, -0.2) is 25.2 Å². The highest BCUT2D eigenvalue weighted by atomic mass is 32.1. The number of carbonyl (C=O) groups is 1. The van der Waals surface area contributed by atoms with Crippen LogP contribution < -0.4 is 25.8 Å². The maximum Gasteiger partial charge on any atom is 0.248 e. The van der Waals surface area contributed by atoms with Gasteiger partial charge in [0.05, 0.1) is 25.8 Å². The summed E-state index contributed by atoms with van der Waals surface area (Å²) in [5.41, 5.74) is 7.27. The van der Waals surface area contributed by atoms with Crippen LogP contribution >= 0.6 is 12.2 Å². The summed E-state index contributed by atoms with van der Waals surface area (Å²) in [5.74, 6) is 0.743. The van der Waals surface area contributed by atoms with Crippen LogP contribution in [0.1, 0.15) is 18.5 Å². The van der Waals surface area contributed by atoms with E-state index in [-0.39, 0.29) is 0 Å². The monoisotopic (exact) mass is 307 g/mol.